The number of ether oxygens (including phenoxy) is 2. The lowest BCUT2D eigenvalue weighted by Crippen LogP contribution is -2.36. The van der Waals surface area contributed by atoms with Crippen LogP contribution in [0.3, 0.4) is 0 Å². The molecule has 1 saturated heterocycles. The topological polar surface area (TPSA) is 104 Å². The Morgan fingerprint density at radius 2 is 1.91 bits per heavy atom. The van der Waals surface area contributed by atoms with Crippen LogP contribution in [0.5, 0.6) is 11.5 Å². The molecule has 0 atom stereocenters. The van der Waals surface area contributed by atoms with Gasteiger partial charge in [0.05, 0.1) is 30.8 Å². The minimum atomic E-state index is -0.580. The van der Waals surface area contributed by atoms with Gasteiger partial charge in [0, 0.05) is 54.6 Å². The van der Waals surface area contributed by atoms with Crippen LogP contribution in [0.1, 0.15) is 0 Å². The molecular formula is C25H23FN6O3. The first-order chi connectivity index (χ1) is 17.1. The molecule has 1 aliphatic heterocycles. The number of aromatic amines is 1. The van der Waals surface area contributed by atoms with Crippen molar-refractivity contribution in [2.45, 2.75) is 0 Å². The number of rotatable bonds is 6. The van der Waals surface area contributed by atoms with Crippen molar-refractivity contribution in [2.24, 2.45) is 0 Å². The van der Waals surface area contributed by atoms with E-state index in [-0.39, 0.29) is 5.69 Å². The molecule has 2 amide bonds. The number of pyridine rings is 1. The van der Waals surface area contributed by atoms with Crippen LogP contribution in [0.15, 0.2) is 73.2 Å². The SMILES string of the molecule is O=C(Nc1cccc(N2CCOCC2)c1)Nc1cc(Oc2ccnc(-c3cn[nH]c3)c2)ccc1F. The Bertz CT molecular complexity index is 1310. The van der Waals surface area contributed by atoms with E-state index in [1.165, 1.54) is 18.2 Å². The molecule has 0 aliphatic carbocycles. The molecule has 4 aromatic rings. The van der Waals surface area contributed by atoms with Gasteiger partial charge >= 0.3 is 6.03 Å². The minimum absolute atomic E-state index is 0.00607. The van der Waals surface area contributed by atoms with Gasteiger partial charge < -0.3 is 25.0 Å². The zero-order chi connectivity index (χ0) is 24.0. The third-order valence-corrected chi connectivity index (χ3v) is 5.43. The monoisotopic (exact) mass is 474 g/mol. The summed E-state index contributed by atoms with van der Waals surface area (Å²) in [4.78, 5) is 19.1. The van der Waals surface area contributed by atoms with E-state index in [1.54, 1.807) is 36.8 Å². The van der Waals surface area contributed by atoms with E-state index in [0.29, 0.717) is 36.1 Å². The number of hydrogen-bond donors (Lipinski definition) is 3. The number of nitrogens with zero attached hydrogens (tertiary/aromatic N) is 3. The first-order valence-corrected chi connectivity index (χ1v) is 11.1. The van der Waals surface area contributed by atoms with Crippen LogP contribution in [-0.2, 0) is 4.74 Å². The number of carbonyl (C=O) groups is 1. The van der Waals surface area contributed by atoms with Gasteiger partial charge in [-0.15, -0.1) is 0 Å². The summed E-state index contributed by atoms with van der Waals surface area (Å²) in [6.07, 6.45) is 4.99. The molecule has 3 heterocycles. The van der Waals surface area contributed by atoms with Gasteiger partial charge in [0.1, 0.15) is 17.3 Å². The number of hydrogen-bond acceptors (Lipinski definition) is 6. The van der Waals surface area contributed by atoms with E-state index < -0.39 is 11.8 Å². The Morgan fingerprint density at radius 1 is 1.06 bits per heavy atom. The fraction of sp³-hybridized carbons (Fsp3) is 0.160. The Labute approximate surface area is 200 Å². The summed E-state index contributed by atoms with van der Waals surface area (Å²) in [5, 5.41) is 12.0. The predicted molar refractivity (Wildman–Crippen MR) is 130 cm³/mol. The Balaban J connectivity index is 1.26. The van der Waals surface area contributed by atoms with Crippen molar-refractivity contribution in [1.29, 1.82) is 0 Å². The lowest BCUT2D eigenvalue weighted by molar-refractivity contribution is 0.122. The van der Waals surface area contributed by atoms with Gasteiger partial charge in [0.2, 0.25) is 0 Å². The van der Waals surface area contributed by atoms with Crippen molar-refractivity contribution in [3.8, 4) is 22.8 Å². The second kappa shape index (κ2) is 10.2. The van der Waals surface area contributed by atoms with Gasteiger partial charge in [-0.3, -0.25) is 10.1 Å². The Hall–Kier alpha value is -4.44. The lowest BCUT2D eigenvalue weighted by Gasteiger charge is -2.29. The number of H-pyrrole nitrogens is 1. The summed E-state index contributed by atoms with van der Waals surface area (Å²) in [5.74, 6) is 0.293. The summed E-state index contributed by atoms with van der Waals surface area (Å²) < 4.78 is 25.7. The van der Waals surface area contributed by atoms with E-state index in [2.05, 4.69) is 30.7 Å². The van der Waals surface area contributed by atoms with E-state index in [9.17, 15) is 9.18 Å². The predicted octanol–water partition coefficient (Wildman–Crippen LogP) is 4.88. The van der Waals surface area contributed by atoms with E-state index >= 15 is 0 Å². The standard InChI is InChI=1S/C25H23FN6O3/c26-22-5-4-20(35-21-6-7-27-23(13-21)17-15-28-29-16-17)14-24(22)31-25(33)30-18-2-1-3-19(12-18)32-8-10-34-11-9-32/h1-7,12-16H,8-11H2,(H,28,29)(H2,30,31,33). The molecule has 0 radical (unpaired) electrons. The van der Waals surface area contributed by atoms with Gasteiger partial charge in [0.25, 0.3) is 0 Å². The average molecular weight is 474 g/mol. The van der Waals surface area contributed by atoms with Gasteiger partial charge in [-0.2, -0.15) is 5.10 Å². The van der Waals surface area contributed by atoms with Crippen molar-refractivity contribution in [2.75, 3.05) is 41.8 Å². The van der Waals surface area contributed by atoms with Crippen LogP contribution in [0, 0.1) is 5.82 Å². The number of urea groups is 1. The van der Waals surface area contributed by atoms with E-state index in [4.69, 9.17) is 9.47 Å². The number of nitrogens with one attached hydrogen (secondary N) is 3. The van der Waals surface area contributed by atoms with Gasteiger partial charge in [-0.05, 0) is 36.4 Å². The van der Waals surface area contributed by atoms with Crippen molar-refractivity contribution in [3.63, 3.8) is 0 Å². The highest BCUT2D eigenvalue weighted by molar-refractivity contribution is 6.00. The molecule has 3 N–H and O–H groups in total. The second-order valence-electron chi connectivity index (χ2n) is 7.84. The maximum Gasteiger partial charge on any atom is 0.323 e. The van der Waals surface area contributed by atoms with Crippen LogP contribution >= 0.6 is 0 Å². The molecule has 0 spiro atoms. The number of amides is 2. The second-order valence-corrected chi connectivity index (χ2v) is 7.84. The van der Waals surface area contributed by atoms with Gasteiger partial charge in [-0.25, -0.2) is 9.18 Å². The van der Waals surface area contributed by atoms with Gasteiger partial charge in [0.15, 0.2) is 0 Å². The molecule has 10 heteroatoms. The fourth-order valence-corrected chi connectivity index (χ4v) is 3.71. The van der Waals surface area contributed by atoms with Crippen molar-refractivity contribution in [1.82, 2.24) is 15.2 Å². The Kier molecular flexibility index (Phi) is 6.53. The van der Waals surface area contributed by atoms with Crippen LogP contribution < -0.4 is 20.3 Å². The largest absolute Gasteiger partial charge is 0.457 e. The Morgan fingerprint density at radius 3 is 2.74 bits per heavy atom. The molecule has 1 aliphatic rings. The molecule has 0 saturated carbocycles. The third-order valence-electron chi connectivity index (χ3n) is 5.43. The summed E-state index contributed by atoms with van der Waals surface area (Å²) in [6.45, 7) is 2.91. The quantitative estimate of drug-likeness (QED) is 0.368. The highest BCUT2D eigenvalue weighted by Gasteiger charge is 2.13. The number of halogens is 1. The third kappa shape index (κ3) is 5.56. The molecule has 5 rings (SSSR count). The number of anilines is 3. The zero-order valence-electron chi connectivity index (χ0n) is 18.7. The van der Waals surface area contributed by atoms with Crippen LogP contribution in [0.4, 0.5) is 26.2 Å². The molecule has 35 heavy (non-hydrogen) atoms. The van der Waals surface area contributed by atoms with Crippen LogP contribution in [0.2, 0.25) is 0 Å². The lowest BCUT2D eigenvalue weighted by atomic mass is 10.2. The first-order valence-electron chi connectivity index (χ1n) is 11.1. The molecule has 0 unspecified atom stereocenters. The molecule has 9 nitrogen and oxygen atoms in total. The first kappa shape index (κ1) is 22.4. The van der Waals surface area contributed by atoms with E-state index in [1.807, 2.05) is 18.2 Å². The number of carbonyl (C=O) groups excluding carboxylic acids is 1. The molecule has 2 aromatic carbocycles. The van der Waals surface area contributed by atoms with Crippen molar-refractivity contribution in [3.05, 3.63) is 79.0 Å². The summed E-state index contributed by atoms with van der Waals surface area (Å²) in [5.41, 5.74) is 3.07. The average Bonchev–Trinajstić information content (AvgIpc) is 3.42. The summed E-state index contributed by atoms with van der Waals surface area (Å²) >= 11 is 0. The smallest absolute Gasteiger partial charge is 0.323 e. The molecule has 2 aromatic heterocycles. The van der Waals surface area contributed by atoms with Crippen molar-refractivity contribution < 1.29 is 18.7 Å². The summed E-state index contributed by atoms with van der Waals surface area (Å²) in [7, 11) is 0. The highest BCUT2D eigenvalue weighted by Crippen LogP contribution is 2.28. The molecule has 0 bridgehead atoms. The molecular weight excluding hydrogens is 451 g/mol. The van der Waals surface area contributed by atoms with Crippen molar-refractivity contribution >= 4 is 23.1 Å². The van der Waals surface area contributed by atoms with Crippen LogP contribution in [0.25, 0.3) is 11.3 Å². The summed E-state index contributed by atoms with van der Waals surface area (Å²) in [6, 6.07) is 14.5. The highest BCUT2D eigenvalue weighted by atomic mass is 19.1. The number of morpholine rings is 1. The maximum absolute atomic E-state index is 14.4. The maximum atomic E-state index is 14.4. The number of benzene rings is 2. The minimum Gasteiger partial charge on any atom is -0.457 e. The zero-order valence-corrected chi connectivity index (χ0v) is 18.7. The molecule has 1 fully saturated rings. The fourth-order valence-electron chi connectivity index (χ4n) is 3.71. The molecule has 178 valence electrons. The van der Waals surface area contributed by atoms with Crippen LogP contribution in [-0.4, -0.2) is 47.5 Å². The number of aromatic nitrogens is 3. The van der Waals surface area contributed by atoms with E-state index in [0.717, 1.165) is 24.3 Å². The normalized spacial score (nSPS) is 13.3. The van der Waals surface area contributed by atoms with Gasteiger partial charge in [-0.1, -0.05) is 6.07 Å².